The third kappa shape index (κ3) is 1.80. The zero-order valence-corrected chi connectivity index (χ0v) is 10.4. The predicted molar refractivity (Wildman–Crippen MR) is 65.3 cm³/mol. The molecule has 0 amide bonds. The zero-order valence-electron chi connectivity index (χ0n) is 10.4. The van der Waals surface area contributed by atoms with Gasteiger partial charge in [-0.05, 0) is 31.1 Å². The van der Waals surface area contributed by atoms with Gasteiger partial charge in [-0.25, -0.2) is 0 Å². The van der Waals surface area contributed by atoms with E-state index in [2.05, 4.69) is 4.90 Å². The number of likely N-dealkylation sites (tertiary alicyclic amines) is 1. The molecule has 1 spiro atoms. The lowest BCUT2D eigenvalue weighted by molar-refractivity contribution is -0.0909. The monoisotopic (exact) mass is 223 g/mol. The number of rotatable bonds is 3. The van der Waals surface area contributed by atoms with Crippen LogP contribution in [0.2, 0.25) is 0 Å². The standard InChI is InChI=1S/C14H25NO/c16-12-14(5-2-1-3-6-14)11-15-9-13(10-15)7-4-8-13/h16H,1-12H2. The number of nitrogens with zero attached hydrogens (tertiary/aromatic N) is 1. The molecule has 92 valence electrons. The van der Waals surface area contributed by atoms with Gasteiger partial charge in [-0.15, -0.1) is 0 Å². The summed E-state index contributed by atoms with van der Waals surface area (Å²) in [5.74, 6) is 0. The Balaban J connectivity index is 1.53. The van der Waals surface area contributed by atoms with Crippen LogP contribution in [0, 0.1) is 10.8 Å². The number of aliphatic hydroxyl groups excluding tert-OH is 1. The van der Waals surface area contributed by atoms with Crippen molar-refractivity contribution < 1.29 is 5.11 Å². The Bertz CT molecular complexity index is 245. The molecule has 3 rings (SSSR count). The number of aliphatic hydroxyl groups is 1. The first kappa shape index (κ1) is 11.0. The minimum atomic E-state index is 0.267. The van der Waals surface area contributed by atoms with E-state index in [4.69, 9.17) is 0 Å². The van der Waals surface area contributed by atoms with Crippen molar-refractivity contribution in [2.75, 3.05) is 26.2 Å². The third-order valence-corrected chi connectivity index (χ3v) is 5.34. The van der Waals surface area contributed by atoms with Gasteiger partial charge >= 0.3 is 0 Å². The average molecular weight is 223 g/mol. The molecule has 1 aliphatic heterocycles. The van der Waals surface area contributed by atoms with Gasteiger partial charge in [-0.3, -0.25) is 0 Å². The smallest absolute Gasteiger partial charge is 0.0499 e. The SMILES string of the molecule is OCC1(CN2CC3(CCC3)C2)CCCCC1. The lowest BCUT2D eigenvalue weighted by atomic mass is 9.62. The molecular weight excluding hydrogens is 198 g/mol. The molecule has 0 atom stereocenters. The van der Waals surface area contributed by atoms with Gasteiger partial charge in [-0.1, -0.05) is 25.7 Å². The highest BCUT2D eigenvalue weighted by atomic mass is 16.3. The van der Waals surface area contributed by atoms with Crippen LogP contribution in [0.15, 0.2) is 0 Å². The van der Waals surface area contributed by atoms with Crippen molar-refractivity contribution in [2.45, 2.75) is 51.4 Å². The first-order valence-electron chi connectivity index (χ1n) is 7.09. The molecule has 2 aliphatic carbocycles. The van der Waals surface area contributed by atoms with E-state index < -0.39 is 0 Å². The van der Waals surface area contributed by atoms with Gasteiger partial charge in [0.25, 0.3) is 0 Å². The van der Waals surface area contributed by atoms with Gasteiger partial charge in [-0.2, -0.15) is 0 Å². The molecule has 2 heteroatoms. The molecule has 0 bridgehead atoms. The number of hydrogen-bond donors (Lipinski definition) is 1. The second-order valence-electron chi connectivity index (χ2n) is 6.72. The van der Waals surface area contributed by atoms with Crippen LogP contribution in [0.4, 0.5) is 0 Å². The van der Waals surface area contributed by atoms with Crippen molar-refractivity contribution in [2.24, 2.45) is 10.8 Å². The molecule has 16 heavy (non-hydrogen) atoms. The molecule has 0 unspecified atom stereocenters. The molecule has 1 heterocycles. The molecular formula is C14H25NO. The van der Waals surface area contributed by atoms with E-state index in [1.807, 2.05) is 0 Å². The summed E-state index contributed by atoms with van der Waals surface area (Å²) in [6.07, 6.45) is 11.0. The van der Waals surface area contributed by atoms with E-state index in [-0.39, 0.29) is 5.41 Å². The molecule has 3 fully saturated rings. The Morgan fingerprint density at radius 1 is 0.875 bits per heavy atom. The van der Waals surface area contributed by atoms with Gasteiger partial charge < -0.3 is 10.0 Å². The molecule has 0 radical (unpaired) electrons. The fourth-order valence-electron chi connectivity index (χ4n) is 4.15. The Kier molecular flexibility index (Phi) is 2.75. The van der Waals surface area contributed by atoms with Gasteiger partial charge in [0, 0.05) is 31.7 Å². The fourth-order valence-corrected chi connectivity index (χ4v) is 4.15. The Morgan fingerprint density at radius 3 is 2.06 bits per heavy atom. The van der Waals surface area contributed by atoms with Crippen LogP contribution in [0.5, 0.6) is 0 Å². The van der Waals surface area contributed by atoms with Gasteiger partial charge in [0.15, 0.2) is 0 Å². The Morgan fingerprint density at radius 2 is 1.56 bits per heavy atom. The first-order valence-corrected chi connectivity index (χ1v) is 7.09. The van der Waals surface area contributed by atoms with Crippen LogP contribution < -0.4 is 0 Å². The van der Waals surface area contributed by atoms with Crippen molar-refractivity contribution in [3.63, 3.8) is 0 Å². The van der Waals surface area contributed by atoms with E-state index in [1.165, 1.54) is 71.0 Å². The maximum absolute atomic E-state index is 9.68. The lowest BCUT2D eigenvalue weighted by Gasteiger charge is -2.58. The second kappa shape index (κ2) is 3.99. The second-order valence-corrected chi connectivity index (χ2v) is 6.72. The maximum Gasteiger partial charge on any atom is 0.0499 e. The van der Waals surface area contributed by atoms with E-state index in [1.54, 1.807) is 0 Å². The average Bonchev–Trinajstić information content (AvgIpc) is 2.22. The van der Waals surface area contributed by atoms with E-state index in [9.17, 15) is 5.11 Å². The summed E-state index contributed by atoms with van der Waals surface area (Å²) in [6.45, 7) is 4.24. The highest BCUT2D eigenvalue weighted by Gasteiger charge is 2.48. The summed E-state index contributed by atoms with van der Waals surface area (Å²) in [4.78, 5) is 2.61. The molecule has 1 N–H and O–H groups in total. The van der Waals surface area contributed by atoms with E-state index >= 15 is 0 Å². The van der Waals surface area contributed by atoms with E-state index in [0.29, 0.717) is 6.61 Å². The molecule has 2 nitrogen and oxygen atoms in total. The summed E-state index contributed by atoms with van der Waals surface area (Å²) in [5, 5.41) is 9.68. The normalized spacial score (nSPS) is 32.1. The summed E-state index contributed by atoms with van der Waals surface area (Å²) >= 11 is 0. The lowest BCUT2D eigenvalue weighted by Crippen LogP contribution is -2.62. The van der Waals surface area contributed by atoms with Crippen LogP contribution >= 0.6 is 0 Å². The summed E-state index contributed by atoms with van der Waals surface area (Å²) in [7, 11) is 0. The topological polar surface area (TPSA) is 23.5 Å². The molecule has 1 saturated heterocycles. The van der Waals surface area contributed by atoms with Crippen LogP contribution in [-0.2, 0) is 0 Å². The molecule has 0 aromatic heterocycles. The highest BCUT2D eigenvalue weighted by molar-refractivity contribution is 5.02. The summed E-state index contributed by atoms with van der Waals surface area (Å²) < 4.78 is 0. The Labute approximate surface area is 99.0 Å². The van der Waals surface area contributed by atoms with Crippen molar-refractivity contribution in [1.29, 1.82) is 0 Å². The predicted octanol–water partition coefficient (Wildman–Crippen LogP) is 2.42. The van der Waals surface area contributed by atoms with E-state index in [0.717, 1.165) is 5.41 Å². The fraction of sp³-hybridized carbons (Fsp3) is 1.00. The Hall–Kier alpha value is -0.0800. The molecule has 0 aromatic rings. The highest BCUT2D eigenvalue weighted by Crippen LogP contribution is 2.49. The zero-order chi connectivity index (χ0) is 11.1. The summed E-state index contributed by atoms with van der Waals surface area (Å²) in [6, 6.07) is 0. The molecule has 3 aliphatic rings. The molecule has 2 saturated carbocycles. The van der Waals surface area contributed by atoms with Gasteiger partial charge in [0.2, 0.25) is 0 Å². The van der Waals surface area contributed by atoms with Crippen molar-refractivity contribution in [1.82, 2.24) is 4.90 Å². The van der Waals surface area contributed by atoms with Crippen LogP contribution in [0.1, 0.15) is 51.4 Å². The quantitative estimate of drug-likeness (QED) is 0.794. The largest absolute Gasteiger partial charge is 0.396 e. The van der Waals surface area contributed by atoms with Crippen molar-refractivity contribution in [3.05, 3.63) is 0 Å². The third-order valence-electron chi connectivity index (χ3n) is 5.34. The number of hydrogen-bond acceptors (Lipinski definition) is 2. The minimum Gasteiger partial charge on any atom is -0.396 e. The first-order chi connectivity index (χ1) is 7.76. The van der Waals surface area contributed by atoms with Crippen LogP contribution in [0.25, 0.3) is 0 Å². The summed E-state index contributed by atoms with van der Waals surface area (Å²) in [5.41, 5.74) is 1.01. The minimum absolute atomic E-state index is 0.267. The van der Waals surface area contributed by atoms with Crippen molar-refractivity contribution >= 4 is 0 Å². The van der Waals surface area contributed by atoms with Gasteiger partial charge in [0.1, 0.15) is 0 Å². The van der Waals surface area contributed by atoms with Crippen LogP contribution in [0.3, 0.4) is 0 Å². The molecule has 0 aromatic carbocycles. The van der Waals surface area contributed by atoms with Gasteiger partial charge in [0.05, 0.1) is 0 Å². The maximum atomic E-state index is 9.68. The van der Waals surface area contributed by atoms with Crippen molar-refractivity contribution in [3.8, 4) is 0 Å². The van der Waals surface area contributed by atoms with Crippen LogP contribution in [-0.4, -0.2) is 36.2 Å².